The summed E-state index contributed by atoms with van der Waals surface area (Å²) in [5.41, 5.74) is 6.38. The normalized spacial score (nSPS) is 13.9. The van der Waals surface area contributed by atoms with E-state index in [2.05, 4.69) is 0 Å². The Morgan fingerprint density at radius 3 is 2.50 bits per heavy atom. The fraction of sp³-hybridized carbons (Fsp3) is 0.333. The van der Waals surface area contributed by atoms with E-state index >= 15 is 0 Å². The third kappa shape index (κ3) is 3.29. The topological polar surface area (TPSA) is 60.2 Å². The van der Waals surface area contributed by atoms with E-state index in [1.807, 2.05) is 0 Å². The third-order valence-electron chi connectivity index (χ3n) is 1.79. The van der Waals surface area contributed by atoms with E-state index in [1.54, 1.807) is 24.3 Å². The zero-order valence-electron chi connectivity index (χ0n) is 7.77. The van der Waals surface area contributed by atoms with Gasteiger partial charge in [0, 0.05) is 17.3 Å². The van der Waals surface area contributed by atoms with Crippen LogP contribution in [0.4, 0.5) is 0 Å². The molecule has 3 nitrogen and oxygen atoms in total. The van der Waals surface area contributed by atoms with Crippen LogP contribution in [-0.2, 0) is 9.84 Å². The molecule has 0 aliphatic carbocycles. The van der Waals surface area contributed by atoms with Crippen molar-refractivity contribution < 1.29 is 8.42 Å². The standard InChI is InChI=1S/C9H12ClNO2S/c1-14(12,13)6-9(11)7-4-2-3-5-8(7)10/h2-5,9H,6,11H2,1H3/t9-/m1/s1. The maximum Gasteiger partial charge on any atom is 0.149 e. The van der Waals surface area contributed by atoms with Gasteiger partial charge < -0.3 is 5.73 Å². The second-order valence-corrected chi connectivity index (χ2v) is 5.81. The molecule has 1 aromatic carbocycles. The minimum absolute atomic E-state index is 0.0866. The molecule has 0 radical (unpaired) electrons. The largest absolute Gasteiger partial charge is 0.323 e. The summed E-state index contributed by atoms with van der Waals surface area (Å²) in [4.78, 5) is 0. The molecule has 1 atom stereocenters. The van der Waals surface area contributed by atoms with Gasteiger partial charge in [-0.1, -0.05) is 29.8 Å². The highest BCUT2D eigenvalue weighted by atomic mass is 35.5. The maximum absolute atomic E-state index is 11.0. The van der Waals surface area contributed by atoms with Crippen molar-refractivity contribution in [2.24, 2.45) is 5.73 Å². The molecular formula is C9H12ClNO2S. The second kappa shape index (κ2) is 4.29. The Hall–Kier alpha value is -0.580. The lowest BCUT2D eigenvalue weighted by atomic mass is 10.1. The van der Waals surface area contributed by atoms with E-state index in [9.17, 15) is 8.42 Å². The minimum atomic E-state index is -3.07. The SMILES string of the molecule is CS(=O)(=O)C[C@@H](N)c1ccccc1Cl. The molecule has 1 aromatic rings. The Kier molecular flexibility index (Phi) is 3.53. The van der Waals surface area contributed by atoms with Gasteiger partial charge in [-0.3, -0.25) is 0 Å². The van der Waals surface area contributed by atoms with E-state index in [-0.39, 0.29) is 5.75 Å². The number of hydrogen-bond donors (Lipinski definition) is 1. The van der Waals surface area contributed by atoms with Gasteiger partial charge in [0.1, 0.15) is 9.84 Å². The summed E-state index contributed by atoms with van der Waals surface area (Å²) in [5.74, 6) is -0.0866. The van der Waals surface area contributed by atoms with Crippen molar-refractivity contribution in [2.75, 3.05) is 12.0 Å². The zero-order valence-corrected chi connectivity index (χ0v) is 9.35. The molecule has 0 aromatic heterocycles. The lowest BCUT2D eigenvalue weighted by Gasteiger charge is -2.11. The molecule has 1 rings (SSSR count). The van der Waals surface area contributed by atoms with Gasteiger partial charge in [-0.25, -0.2) is 8.42 Å². The summed E-state index contributed by atoms with van der Waals surface area (Å²) in [6, 6.07) is 6.43. The quantitative estimate of drug-likeness (QED) is 0.858. The van der Waals surface area contributed by atoms with Gasteiger partial charge in [0.2, 0.25) is 0 Å². The predicted octanol–water partition coefficient (Wildman–Crippen LogP) is 1.38. The monoisotopic (exact) mass is 233 g/mol. The van der Waals surface area contributed by atoms with Crippen molar-refractivity contribution in [3.8, 4) is 0 Å². The van der Waals surface area contributed by atoms with Crippen LogP contribution in [0.25, 0.3) is 0 Å². The smallest absolute Gasteiger partial charge is 0.149 e. The van der Waals surface area contributed by atoms with Crippen molar-refractivity contribution >= 4 is 21.4 Å². The fourth-order valence-electron chi connectivity index (χ4n) is 1.19. The Balaban J connectivity index is 2.90. The molecule has 0 spiro atoms. The maximum atomic E-state index is 11.0. The van der Waals surface area contributed by atoms with Crippen molar-refractivity contribution in [1.29, 1.82) is 0 Å². The number of halogens is 1. The average molecular weight is 234 g/mol. The molecule has 0 aliphatic heterocycles. The predicted molar refractivity (Wildman–Crippen MR) is 58.1 cm³/mol. The van der Waals surface area contributed by atoms with Crippen LogP contribution in [0.2, 0.25) is 5.02 Å². The van der Waals surface area contributed by atoms with Crippen molar-refractivity contribution in [2.45, 2.75) is 6.04 Å². The van der Waals surface area contributed by atoms with E-state index in [0.717, 1.165) is 6.26 Å². The Morgan fingerprint density at radius 2 is 2.00 bits per heavy atom. The molecule has 0 saturated carbocycles. The van der Waals surface area contributed by atoms with E-state index in [1.165, 1.54) is 0 Å². The Bertz CT molecular complexity index is 417. The molecule has 2 N–H and O–H groups in total. The van der Waals surface area contributed by atoms with Gasteiger partial charge in [0.15, 0.2) is 0 Å². The summed E-state index contributed by atoms with van der Waals surface area (Å²) in [6.45, 7) is 0. The minimum Gasteiger partial charge on any atom is -0.323 e. The van der Waals surface area contributed by atoms with Crippen LogP contribution in [0.5, 0.6) is 0 Å². The van der Waals surface area contributed by atoms with Crippen LogP contribution >= 0.6 is 11.6 Å². The van der Waals surface area contributed by atoms with Crippen LogP contribution in [-0.4, -0.2) is 20.4 Å². The summed E-state index contributed by atoms with van der Waals surface area (Å²) >= 11 is 5.87. The van der Waals surface area contributed by atoms with E-state index in [0.29, 0.717) is 10.6 Å². The molecule has 0 fully saturated rings. The molecule has 0 bridgehead atoms. The average Bonchev–Trinajstić information content (AvgIpc) is 2.01. The van der Waals surface area contributed by atoms with Crippen LogP contribution in [0, 0.1) is 0 Å². The van der Waals surface area contributed by atoms with Crippen molar-refractivity contribution in [1.82, 2.24) is 0 Å². The molecule has 0 amide bonds. The van der Waals surface area contributed by atoms with Crippen molar-refractivity contribution in [3.05, 3.63) is 34.9 Å². The summed E-state index contributed by atoms with van der Waals surface area (Å²) in [6.07, 6.45) is 1.16. The van der Waals surface area contributed by atoms with Crippen LogP contribution < -0.4 is 5.73 Å². The molecule has 14 heavy (non-hydrogen) atoms. The van der Waals surface area contributed by atoms with Gasteiger partial charge in [-0.05, 0) is 11.6 Å². The number of nitrogens with two attached hydrogens (primary N) is 1. The van der Waals surface area contributed by atoms with Crippen LogP contribution in [0.1, 0.15) is 11.6 Å². The lowest BCUT2D eigenvalue weighted by Crippen LogP contribution is -2.21. The third-order valence-corrected chi connectivity index (χ3v) is 3.10. The molecule has 5 heteroatoms. The number of rotatable bonds is 3. The highest BCUT2D eigenvalue weighted by molar-refractivity contribution is 7.90. The van der Waals surface area contributed by atoms with Gasteiger partial charge in [0.25, 0.3) is 0 Å². The lowest BCUT2D eigenvalue weighted by molar-refractivity contribution is 0.595. The van der Waals surface area contributed by atoms with E-state index in [4.69, 9.17) is 17.3 Å². The van der Waals surface area contributed by atoms with Gasteiger partial charge in [0.05, 0.1) is 5.75 Å². The fourth-order valence-corrected chi connectivity index (χ4v) is 2.30. The summed E-state index contributed by atoms with van der Waals surface area (Å²) < 4.78 is 22.0. The molecule has 78 valence electrons. The van der Waals surface area contributed by atoms with Crippen molar-refractivity contribution in [3.63, 3.8) is 0 Å². The number of sulfone groups is 1. The molecule has 0 aliphatic rings. The second-order valence-electron chi connectivity index (χ2n) is 3.22. The van der Waals surface area contributed by atoms with Crippen LogP contribution in [0.3, 0.4) is 0 Å². The van der Waals surface area contributed by atoms with Crippen LogP contribution in [0.15, 0.2) is 24.3 Å². The van der Waals surface area contributed by atoms with Gasteiger partial charge >= 0.3 is 0 Å². The molecule has 0 heterocycles. The molecular weight excluding hydrogens is 222 g/mol. The summed E-state index contributed by atoms with van der Waals surface area (Å²) in [7, 11) is -3.07. The number of hydrogen-bond acceptors (Lipinski definition) is 3. The summed E-state index contributed by atoms with van der Waals surface area (Å²) in [5, 5.41) is 0.503. The van der Waals surface area contributed by atoms with Gasteiger partial charge in [-0.2, -0.15) is 0 Å². The highest BCUT2D eigenvalue weighted by Crippen LogP contribution is 2.21. The zero-order chi connectivity index (χ0) is 10.8. The first-order valence-electron chi connectivity index (χ1n) is 4.08. The first-order chi connectivity index (χ1) is 6.40. The highest BCUT2D eigenvalue weighted by Gasteiger charge is 2.14. The van der Waals surface area contributed by atoms with Gasteiger partial charge in [-0.15, -0.1) is 0 Å². The Morgan fingerprint density at radius 1 is 1.43 bits per heavy atom. The van der Waals surface area contributed by atoms with E-state index < -0.39 is 15.9 Å². The Labute approximate surface area is 88.8 Å². The first-order valence-corrected chi connectivity index (χ1v) is 6.52. The number of benzene rings is 1. The molecule has 0 unspecified atom stereocenters. The first kappa shape index (κ1) is 11.5. The molecule has 0 saturated heterocycles.